The van der Waals surface area contributed by atoms with Crippen LogP contribution in [0.25, 0.3) is 33.4 Å². The van der Waals surface area contributed by atoms with Crippen LogP contribution in [0.4, 0.5) is 5.82 Å². The monoisotopic (exact) mass is 379 g/mol. The first-order valence-electron chi connectivity index (χ1n) is 9.72. The number of aromatic nitrogens is 4. The SMILES string of the molecule is c1cncc(-c2cc(NCCc3c[nH]c4ccccc34)nc(-c3ccc[nH]3)c2)c1. The van der Waals surface area contributed by atoms with E-state index in [0.717, 1.165) is 41.3 Å². The van der Waals surface area contributed by atoms with Gasteiger partial charge in [-0.3, -0.25) is 4.98 Å². The van der Waals surface area contributed by atoms with Crippen LogP contribution >= 0.6 is 0 Å². The third kappa shape index (κ3) is 3.62. The first-order chi connectivity index (χ1) is 14.4. The van der Waals surface area contributed by atoms with Gasteiger partial charge in [-0.05, 0) is 53.9 Å². The van der Waals surface area contributed by atoms with E-state index in [1.54, 1.807) is 6.20 Å². The molecule has 0 aliphatic carbocycles. The fraction of sp³-hybridized carbons (Fsp3) is 0.0833. The molecule has 0 saturated heterocycles. The number of pyridine rings is 2. The van der Waals surface area contributed by atoms with Gasteiger partial charge in [0, 0.05) is 47.8 Å². The molecular formula is C24H21N5. The van der Waals surface area contributed by atoms with Gasteiger partial charge in [0.2, 0.25) is 0 Å². The van der Waals surface area contributed by atoms with Gasteiger partial charge in [0.25, 0.3) is 0 Å². The van der Waals surface area contributed by atoms with Crippen molar-refractivity contribution in [2.45, 2.75) is 6.42 Å². The lowest BCUT2D eigenvalue weighted by Crippen LogP contribution is -2.07. The number of nitrogens with one attached hydrogen (secondary N) is 3. The molecule has 0 fully saturated rings. The van der Waals surface area contributed by atoms with Crippen molar-refractivity contribution in [2.75, 3.05) is 11.9 Å². The highest BCUT2D eigenvalue weighted by Crippen LogP contribution is 2.27. The van der Waals surface area contributed by atoms with E-state index in [9.17, 15) is 0 Å². The number of benzene rings is 1. The second kappa shape index (κ2) is 7.64. The summed E-state index contributed by atoms with van der Waals surface area (Å²) in [6.45, 7) is 0.801. The van der Waals surface area contributed by atoms with Crippen LogP contribution < -0.4 is 5.32 Å². The quantitative estimate of drug-likeness (QED) is 0.376. The summed E-state index contributed by atoms with van der Waals surface area (Å²) < 4.78 is 0. The summed E-state index contributed by atoms with van der Waals surface area (Å²) in [5, 5.41) is 4.78. The summed E-state index contributed by atoms with van der Waals surface area (Å²) in [6.07, 6.45) is 8.59. The van der Waals surface area contributed by atoms with E-state index in [0.29, 0.717) is 0 Å². The minimum absolute atomic E-state index is 0.801. The van der Waals surface area contributed by atoms with Crippen molar-refractivity contribution >= 4 is 16.7 Å². The van der Waals surface area contributed by atoms with Gasteiger partial charge in [-0.2, -0.15) is 0 Å². The second-order valence-electron chi connectivity index (χ2n) is 6.99. The van der Waals surface area contributed by atoms with Gasteiger partial charge < -0.3 is 15.3 Å². The Morgan fingerprint density at radius 2 is 1.86 bits per heavy atom. The number of rotatable bonds is 6. The molecule has 4 heterocycles. The zero-order chi connectivity index (χ0) is 19.5. The van der Waals surface area contributed by atoms with Crippen LogP contribution in [0.3, 0.4) is 0 Å². The maximum Gasteiger partial charge on any atom is 0.127 e. The van der Waals surface area contributed by atoms with Gasteiger partial charge in [0.1, 0.15) is 5.82 Å². The molecule has 0 unspecified atom stereocenters. The lowest BCUT2D eigenvalue weighted by molar-refractivity contribution is 1.01. The third-order valence-corrected chi connectivity index (χ3v) is 5.07. The Labute approximate surface area is 168 Å². The average Bonchev–Trinajstić information content (AvgIpc) is 3.45. The zero-order valence-electron chi connectivity index (χ0n) is 15.9. The van der Waals surface area contributed by atoms with Gasteiger partial charge >= 0.3 is 0 Å². The van der Waals surface area contributed by atoms with Crippen LogP contribution in [0, 0.1) is 0 Å². The molecule has 1 aromatic carbocycles. The number of nitrogens with zero attached hydrogens (tertiary/aromatic N) is 2. The summed E-state index contributed by atoms with van der Waals surface area (Å²) in [6, 6.07) is 20.6. The maximum atomic E-state index is 4.81. The normalized spacial score (nSPS) is 11.0. The number of H-pyrrole nitrogens is 2. The summed E-state index contributed by atoms with van der Waals surface area (Å²) in [7, 11) is 0. The molecule has 0 atom stereocenters. The molecule has 0 spiro atoms. The summed E-state index contributed by atoms with van der Waals surface area (Å²) in [5.74, 6) is 0.857. The number of hydrogen-bond donors (Lipinski definition) is 3. The second-order valence-corrected chi connectivity index (χ2v) is 6.99. The van der Waals surface area contributed by atoms with Crippen LogP contribution in [0.2, 0.25) is 0 Å². The Morgan fingerprint density at radius 1 is 0.897 bits per heavy atom. The predicted molar refractivity (Wildman–Crippen MR) is 118 cm³/mol. The van der Waals surface area contributed by atoms with E-state index in [2.05, 4.69) is 68.9 Å². The lowest BCUT2D eigenvalue weighted by Gasteiger charge is -2.10. The molecule has 142 valence electrons. The molecule has 5 aromatic rings. The molecule has 0 bridgehead atoms. The molecule has 0 aliphatic rings. The highest BCUT2D eigenvalue weighted by Gasteiger charge is 2.08. The van der Waals surface area contributed by atoms with E-state index in [1.165, 1.54) is 16.5 Å². The molecule has 29 heavy (non-hydrogen) atoms. The summed E-state index contributed by atoms with van der Waals surface area (Å²) in [4.78, 5) is 15.7. The number of anilines is 1. The number of aromatic amines is 2. The number of fused-ring (bicyclic) bond motifs is 1. The van der Waals surface area contributed by atoms with Gasteiger partial charge in [-0.25, -0.2) is 4.98 Å². The first kappa shape index (κ1) is 17.3. The highest BCUT2D eigenvalue weighted by molar-refractivity contribution is 5.83. The van der Waals surface area contributed by atoms with E-state index < -0.39 is 0 Å². The van der Waals surface area contributed by atoms with Crippen LogP contribution in [0.1, 0.15) is 5.56 Å². The van der Waals surface area contributed by atoms with E-state index >= 15 is 0 Å². The largest absolute Gasteiger partial charge is 0.370 e. The van der Waals surface area contributed by atoms with Crippen LogP contribution in [0.5, 0.6) is 0 Å². The fourth-order valence-electron chi connectivity index (χ4n) is 3.61. The molecule has 0 aliphatic heterocycles. The smallest absolute Gasteiger partial charge is 0.127 e. The minimum Gasteiger partial charge on any atom is -0.370 e. The lowest BCUT2D eigenvalue weighted by atomic mass is 10.1. The fourth-order valence-corrected chi connectivity index (χ4v) is 3.61. The van der Waals surface area contributed by atoms with Crippen molar-refractivity contribution in [1.82, 2.24) is 19.9 Å². The van der Waals surface area contributed by atoms with Gasteiger partial charge in [0.05, 0.1) is 11.4 Å². The highest BCUT2D eigenvalue weighted by atomic mass is 15.0. The first-order valence-corrected chi connectivity index (χ1v) is 9.72. The van der Waals surface area contributed by atoms with Crippen molar-refractivity contribution in [2.24, 2.45) is 0 Å². The van der Waals surface area contributed by atoms with Crippen molar-refractivity contribution in [1.29, 1.82) is 0 Å². The van der Waals surface area contributed by atoms with Gasteiger partial charge in [-0.15, -0.1) is 0 Å². The number of para-hydroxylation sites is 1. The average molecular weight is 379 g/mol. The van der Waals surface area contributed by atoms with E-state index in [4.69, 9.17) is 4.98 Å². The van der Waals surface area contributed by atoms with Crippen LogP contribution in [0.15, 0.2) is 85.5 Å². The number of hydrogen-bond acceptors (Lipinski definition) is 3. The molecular weight excluding hydrogens is 358 g/mol. The molecule has 0 saturated carbocycles. The molecule has 5 rings (SSSR count). The Balaban J connectivity index is 1.41. The minimum atomic E-state index is 0.801. The van der Waals surface area contributed by atoms with E-state index in [1.807, 2.05) is 30.6 Å². The van der Waals surface area contributed by atoms with Crippen molar-refractivity contribution in [3.63, 3.8) is 0 Å². The van der Waals surface area contributed by atoms with Gasteiger partial charge in [0.15, 0.2) is 0 Å². The molecule has 5 nitrogen and oxygen atoms in total. The van der Waals surface area contributed by atoms with E-state index in [-0.39, 0.29) is 0 Å². The maximum absolute atomic E-state index is 4.81. The van der Waals surface area contributed by atoms with Crippen molar-refractivity contribution in [3.05, 3.63) is 91.0 Å². The Bertz CT molecular complexity index is 1220. The molecule has 0 radical (unpaired) electrons. The zero-order valence-corrected chi connectivity index (χ0v) is 15.9. The van der Waals surface area contributed by atoms with Crippen molar-refractivity contribution < 1.29 is 0 Å². The molecule has 3 N–H and O–H groups in total. The molecule has 0 amide bonds. The standard InChI is InChI=1S/C24H21N5/c1-2-7-21-20(6-1)18(16-28-21)9-12-27-24-14-19(17-5-3-10-25-15-17)13-23(29-24)22-8-4-11-26-22/h1-8,10-11,13-16,26,28H,9,12H2,(H,27,29). The predicted octanol–water partition coefficient (Wildman–Crippen LogP) is 5.27. The molecule has 4 aromatic heterocycles. The summed E-state index contributed by atoms with van der Waals surface area (Å²) >= 11 is 0. The van der Waals surface area contributed by atoms with Crippen LogP contribution in [-0.2, 0) is 6.42 Å². The molecule has 5 heteroatoms. The third-order valence-electron chi connectivity index (χ3n) is 5.07. The summed E-state index contributed by atoms with van der Waals surface area (Å²) in [5.41, 5.74) is 6.55. The van der Waals surface area contributed by atoms with Crippen molar-refractivity contribution in [3.8, 4) is 22.5 Å². The van der Waals surface area contributed by atoms with Crippen LogP contribution in [-0.4, -0.2) is 26.5 Å². The Morgan fingerprint density at radius 3 is 2.72 bits per heavy atom. The van der Waals surface area contributed by atoms with Gasteiger partial charge in [-0.1, -0.05) is 24.3 Å². The topological polar surface area (TPSA) is 69.4 Å². The Kier molecular flexibility index (Phi) is 4.54. The Hall–Kier alpha value is -3.86.